The van der Waals surface area contributed by atoms with Crippen molar-refractivity contribution in [2.45, 2.75) is 191 Å². The van der Waals surface area contributed by atoms with Gasteiger partial charge in [-0.2, -0.15) is 44.8 Å². The summed E-state index contributed by atoms with van der Waals surface area (Å²) in [5.41, 5.74) is -1.92. The van der Waals surface area contributed by atoms with Gasteiger partial charge in [-0.1, -0.05) is 108 Å². The molecular weight excluding hydrogens is 1290 g/mol. The number of fused-ring (bicyclic) bond motifs is 5. The largest absolute Gasteiger partial charge is 0.497 e. The zero-order valence-corrected chi connectivity index (χ0v) is 58.5. The molecule has 0 saturated heterocycles. The summed E-state index contributed by atoms with van der Waals surface area (Å²) in [6, 6.07) is 35.4. The lowest BCUT2D eigenvalue weighted by molar-refractivity contribution is -0.457. The van der Waals surface area contributed by atoms with Gasteiger partial charge in [0.2, 0.25) is 0 Å². The third kappa shape index (κ3) is 19.0. The standard InChI is InChI=1S/C71H97F9N3O8PS2/c1-49(2)83(50(3)4)92(84)91-48-52(46-81)44-51(47-90-67(54-19-15-13-16-20-54,55-22-26-57(85-9)27-23-55)56-24-28-58(86-10)29-25-56)18-14-11-12-17-43-93-94-65(5,6)37-40-87-59-30-32-60-53(45-59)21-31-62-61(60)35-36-66(7)63(62)33-34-64(66)88-41-38-82(8)39-42-89-68(69(72,73)74,70(75,76)77)71(78,79)80/h13,15-16,19-20,22-30,32,45,49-52,61-64,84H,11-12,14,17-18,21,31,33-44,47-48H2,1-10H3/t51?,52?,61?,62?,63?,64-,66-,92?/m0/s1. The highest BCUT2D eigenvalue weighted by atomic mass is 33.1. The summed E-state index contributed by atoms with van der Waals surface area (Å²) in [7, 11) is 6.59. The molecule has 4 aromatic carbocycles. The molecule has 8 atom stereocenters. The molecule has 0 amide bonds. The Kier molecular flexibility index (Phi) is 28.1. The van der Waals surface area contributed by atoms with E-state index in [1.165, 1.54) is 23.1 Å². The number of rotatable bonds is 37. The van der Waals surface area contributed by atoms with E-state index in [9.17, 15) is 49.7 Å². The van der Waals surface area contributed by atoms with E-state index in [-0.39, 0.29) is 54.0 Å². The monoisotopic (exact) mass is 1390 g/mol. The average molecular weight is 1390 g/mol. The van der Waals surface area contributed by atoms with Crippen molar-refractivity contribution >= 4 is 30.1 Å². The number of likely N-dealkylation sites (N-methyl/N-ethyl adjacent to an activating group) is 1. The van der Waals surface area contributed by atoms with E-state index < -0.39 is 57.3 Å². The second-order valence-corrected chi connectivity index (χ2v) is 31.3. The van der Waals surface area contributed by atoms with E-state index in [0.717, 1.165) is 117 Å². The quantitative estimate of drug-likeness (QED) is 0.0152. The Hall–Kier alpha value is -4.01. The Bertz CT molecular complexity index is 2890. The summed E-state index contributed by atoms with van der Waals surface area (Å²) in [6.07, 6.45) is -8.43. The van der Waals surface area contributed by atoms with Crippen LogP contribution >= 0.6 is 30.1 Å². The number of methoxy groups -OCH3 is 2. The van der Waals surface area contributed by atoms with Crippen LogP contribution in [-0.4, -0.2) is 135 Å². The van der Waals surface area contributed by atoms with Crippen molar-refractivity contribution in [1.29, 1.82) is 5.26 Å². The highest BCUT2D eigenvalue weighted by molar-refractivity contribution is 8.77. The molecule has 4 aromatic rings. The van der Waals surface area contributed by atoms with Crippen LogP contribution in [0.3, 0.4) is 0 Å². The molecular formula is C71H97F9N3O8PS2. The van der Waals surface area contributed by atoms with Crippen LogP contribution in [0.1, 0.15) is 159 Å². The lowest BCUT2D eigenvalue weighted by atomic mass is 9.55. The molecule has 6 unspecified atom stereocenters. The van der Waals surface area contributed by atoms with E-state index >= 15 is 0 Å². The zero-order chi connectivity index (χ0) is 68.7. The van der Waals surface area contributed by atoms with Gasteiger partial charge in [-0.3, -0.25) is 0 Å². The lowest BCUT2D eigenvalue weighted by Gasteiger charge is -2.50. The first-order valence-corrected chi connectivity index (χ1v) is 36.4. The third-order valence-corrected chi connectivity index (χ3v) is 24.5. The van der Waals surface area contributed by atoms with Crippen molar-refractivity contribution in [3.8, 4) is 23.3 Å². The van der Waals surface area contributed by atoms with Crippen LogP contribution in [0.5, 0.6) is 17.2 Å². The molecule has 0 bridgehead atoms. The van der Waals surface area contributed by atoms with Gasteiger partial charge in [-0.25, -0.2) is 4.67 Å². The molecule has 23 heteroatoms. The molecule has 524 valence electrons. The Labute approximate surface area is 560 Å². The van der Waals surface area contributed by atoms with Crippen molar-refractivity contribution in [1.82, 2.24) is 9.57 Å². The molecule has 94 heavy (non-hydrogen) atoms. The number of unbranched alkanes of at least 4 members (excludes halogenated alkanes) is 3. The molecule has 0 heterocycles. The van der Waals surface area contributed by atoms with Crippen molar-refractivity contribution in [3.05, 3.63) is 125 Å². The van der Waals surface area contributed by atoms with Crippen LogP contribution < -0.4 is 14.2 Å². The summed E-state index contributed by atoms with van der Waals surface area (Å²) in [5.74, 6) is 4.11. The van der Waals surface area contributed by atoms with Gasteiger partial charge in [0.1, 0.15) is 22.8 Å². The Balaban J connectivity index is 0.869. The van der Waals surface area contributed by atoms with Crippen molar-refractivity contribution in [2.24, 2.45) is 29.1 Å². The van der Waals surface area contributed by atoms with Crippen LogP contribution in [0.25, 0.3) is 0 Å². The van der Waals surface area contributed by atoms with Gasteiger partial charge in [0.05, 0.1) is 65.3 Å². The molecule has 1 N–H and O–H groups in total. The summed E-state index contributed by atoms with van der Waals surface area (Å²) in [4.78, 5) is 12.5. The second kappa shape index (κ2) is 34.2. The van der Waals surface area contributed by atoms with Gasteiger partial charge in [0.25, 0.3) is 8.53 Å². The minimum absolute atomic E-state index is 0.00637. The van der Waals surface area contributed by atoms with Gasteiger partial charge >= 0.3 is 24.1 Å². The number of hydrogen-bond acceptors (Lipinski definition) is 13. The van der Waals surface area contributed by atoms with Crippen LogP contribution in [0.15, 0.2) is 97.1 Å². The first kappa shape index (κ1) is 77.3. The first-order valence-electron chi connectivity index (χ1n) is 32.9. The Morgan fingerprint density at radius 3 is 1.87 bits per heavy atom. The number of nitriles is 1. The van der Waals surface area contributed by atoms with Crippen molar-refractivity contribution in [3.63, 3.8) is 0 Å². The van der Waals surface area contributed by atoms with E-state index in [2.05, 4.69) is 61.9 Å². The number of ether oxygens (including phenoxy) is 6. The van der Waals surface area contributed by atoms with Crippen molar-refractivity contribution in [2.75, 3.05) is 73.1 Å². The number of benzene rings is 4. The number of hydrogen-bond donors (Lipinski definition) is 1. The Morgan fingerprint density at radius 2 is 1.29 bits per heavy atom. The first-order chi connectivity index (χ1) is 44.4. The predicted octanol–water partition coefficient (Wildman–Crippen LogP) is 18.7. The zero-order valence-electron chi connectivity index (χ0n) is 56.0. The highest BCUT2D eigenvalue weighted by Crippen LogP contribution is 2.62. The molecule has 2 saturated carbocycles. The number of alkyl halides is 9. The summed E-state index contributed by atoms with van der Waals surface area (Å²) < 4.78 is 163. The van der Waals surface area contributed by atoms with Crippen LogP contribution in [0.2, 0.25) is 0 Å². The fourth-order valence-corrected chi connectivity index (χ4v) is 18.3. The van der Waals surface area contributed by atoms with E-state index in [0.29, 0.717) is 37.4 Å². The molecule has 0 radical (unpaired) electrons. The average Bonchev–Trinajstić information content (AvgIpc) is 1.15. The van der Waals surface area contributed by atoms with Gasteiger partial charge in [-0.15, -0.1) is 0 Å². The molecule has 3 aliphatic carbocycles. The lowest BCUT2D eigenvalue weighted by Crippen LogP contribution is -2.68. The minimum atomic E-state index is -6.76. The van der Waals surface area contributed by atoms with Gasteiger partial charge < -0.3 is 42.7 Å². The maximum absolute atomic E-state index is 13.3. The highest BCUT2D eigenvalue weighted by Gasteiger charge is 2.85. The van der Waals surface area contributed by atoms with E-state index in [4.69, 9.17) is 28.2 Å². The number of aryl methyl sites for hydroxylation is 1. The minimum Gasteiger partial charge on any atom is -0.497 e. The fourth-order valence-electron chi connectivity index (χ4n) is 14.4. The van der Waals surface area contributed by atoms with Crippen LogP contribution in [0, 0.1) is 40.4 Å². The number of halogens is 9. The summed E-state index contributed by atoms with van der Waals surface area (Å²) in [6.45, 7) is 14.1. The predicted molar refractivity (Wildman–Crippen MR) is 355 cm³/mol. The number of nitrogens with zero attached hydrogens (tertiary/aromatic N) is 3. The molecule has 3 aliphatic rings. The molecule has 11 nitrogen and oxygen atoms in total. The maximum Gasteiger partial charge on any atom is 0.435 e. The van der Waals surface area contributed by atoms with Gasteiger partial charge in [0.15, 0.2) is 0 Å². The molecule has 2 fully saturated rings. The van der Waals surface area contributed by atoms with Crippen LogP contribution in [-0.2, 0) is 30.8 Å². The molecule has 0 aromatic heterocycles. The molecule has 7 rings (SSSR count). The Morgan fingerprint density at radius 1 is 0.702 bits per heavy atom. The summed E-state index contributed by atoms with van der Waals surface area (Å²) in [5, 5.41) is 10.6. The second-order valence-electron chi connectivity index (χ2n) is 26.9. The smallest absolute Gasteiger partial charge is 0.435 e. The van der Waals surface area contributed by atoms with Gasteiger partial charge in [-0.05, 0) is 206 Å². The van der Waals surface area contributed by atoms with E-state index in [1.54, 1.807) is 14.2 Å². The topological polar surface area (TPSA) is 115 Å². The maximum atomic E-state index is 13.3. The van der Waals surface area contributed by atoms with Crippen molar-refractivity contribution < 1.29 is 77.4 Å². The normalized spacial score (nSPS) is 20.6. The van der Waals surface area contributed by atoms with Crippen LogP contribution in [0.4, 0.5) is 39.5 Å². The van der Waals surface area contributed by atoms with Gasteiger partial charge in [0, 0.05) is 35.7 Å². The SMILES string of the molecule is COc1ccc(C(OCC(CCCCCCSSC(C)(C)CCOc2ccc3c(c2)CCC2C3CC[C@@]3(C)C2CC[C@@H]3OCCN(C)CCOC(C(F)(F)F)(C(F)(F)F)C(F)(F)F)CC(C#N)COP(O)N(C(C)C)C(C)C)(c2ccccc2)c2ccc(OC)cc2)cc1. The van der Waals surface area contributed by atoms with E-state index in [1.807, 2.05) is 121 Å². The summed E-state index contributed by atoms with van der Waals surface area (Å²) >= 11 is 0. The molecule has 0 aliphatic heterocycles. The molecule has 0 spiro atoms. The third-order valence-electron chi connectivity index (χ3n) is 19.4. The fraction of sp³-hybridized carbons (Fsp3) is 0.648.